The van der Waals surface area contributed by atoms with Crippen molar-refractivity contribution in [2.75, 3.05) is 34.4 Å². The maximum atomic E-state index is 12.2. The molecule has 1 aromatic rings. The number of carbonyl (C=O) groups excluding carboxylic acids is 2. The number of carbonyl (C=O) groups is 2. The number of hydrogen-bond acceptors (Lipinski definition) is 5. The lowest BCUT2D eigenvalue weighted by Crippen LogP contribution is -2.40. The molecule has 7 heteroatoms. The van der Waals surface area contributed by atoms with Crippen molar-refractivity contribution in [3.63, 3.8) is 0 Å². The van der Waals surface area contributed by atoms with Gasteiger partial charge in [0.05, 0.1) is 17.2 Å². The fourth-order valence-corrected chi connectivity index (χ4v) is 3.97. The van der Waals surface area contributed by atoms with Gasteiger partial charge < -0.3 is 4.90 Å². The van der Waals surface area contributed by atoms with E-state index in [0.717, 1.165) is 5.69 Å². The molecule has 0 aliphatic carbocycles. The van der Waals surface area contributed by atoms with E-state index in [4.69, 9.17) is 0 Å². The Morgan fingerprint density at radius 1 is 0.826 bits per heavy atom. The zero-order valence-corrected chi connectivity index (χ0v) is 13.9. The van der Waals surface area contributed by atoms with E-state index in [1.54, 1.807) is 26.0 Å². The highest BCUT2D eigenvalue weighted by Crippen LogP contribution is 2.28. The van der Waals surface area contributed by atoms with Crippen molar-refractivity contribution in [3.05, 3.63) is 35.4 Å². The Bertz CT molecular complexity index is 771. The summed E-state index contributed by atoms with van der Waals surface area (Å²) in [5.41, 5.74) is 2.37. The topological polar surface area (TPSA) is 74.8 Å². The second kappa shape index (κ2) is 5.49. The standard InChI is InChI=1S/C16H18N2O4S/c1-11-12(2)16(20)18(15(11)19)14-5-3-13(4-6-14)17-7-9-23(21,22)10-8-17/h3-6H,7-10H2,1-2H3. The number of nitrogens with zero attached hydrogens (tertiary/aromatic N) is 2. The van der Waals surface area contributed by atoms with E-state index >= 15 is 0 Å². The SMILES string of the molecule is CC1=C(C)C(=O)N(c2ccc(N3CCS(=O)(=O)CC3)cc2)C1=O. The van der Waals surface area contributed by atoms with Gasteiger partial charge in [-0.05, 0) is 38.1 Å². The van der Waals surface area contributed by atoms with Crippen molar-refractivity contribution < 1.29 is 18.0 Å². The zero-order valence-electron chi connectivity index (χ0n) is 13.1. The summed E-state index contributed by atoms with van der Waals surface area (Å²) < 4.78 is 23.0. The van der Waals surface area contributed by atoms with E-state index < -0.39 is 9.84 Å². The molecule has 0 aromatic heterocycles. The molecule has 2 aliphatic heterocycles. The first kappa shape index (κ1) is 15.7. The quantitative estimate of drug-likeness (QED) is 0.758. The Kier molecular flexibility index (Phi) is 3.75. The van der Waals surface area contributed by atoms with Gasteiger partial charge in [-0.15, -0.1) is 0 Å². The number of hydrogen-bond donors (Lipinski definition) is 0. The Labute approximate surface area is 135 Å². The van der Waals surface area contributed by atoms with Crippen LogP contribution in [0.1, 0.15) is 13.8 Å². The molecular weight excluding hydrogens is 316 g/mol. The molecule has 6 nitrogen and oxygen atoms in total. The normalized spacial score (nSPS) is 21.3. The molecule has 122 valence electrons. The predicted molar refractivity (Wildman–Crippen MR) is 88.2 cm³/mol. The lowest BCUT2D eigenvalue weighted by atomic mass is 10.2. The summed E-state index contributed by atoms with van der Waals surface area (Å²) in [5.74, 6) is -0.269. The van der Waals surface area contributed by atoms with E-state index in [1.165, 1.54) is 4.90 Å². The number of rotatable bonds is 2. The first-order valence-corrected chi connectivity index (χ1v) is 9.24. The Balaban J connectivity index is 1.79. The van der Waals surface area contributed by atoms with E-state index in [2.05, 4.69) is 0 Å². The van der Waals surface area contributed by atoms with Gasteiger partial charge in [0, 0.05) is 29.9 Å². The van der Waals surface area contributed by atoms with Crippen LogP contribution in [0.3, 0.4) is 0 Å². The first-order chi connectivity index (χ1) is 10.8. The van der Waals surface area contributed by atoms with Gasteiger partial charge in [-0.1, -0.05) is 0 Å². The molecule has 0 N–H and O–H groups in total. The number of imide groups is 1. The molecule has 0 saturated carbocycles. The second-order valence-electron chi connectivity index (χ2n) is 5.85. The summed E-state index contributed by atoms with van der Waals surface area (Å²) >= 11 is 0. The van der Waals surface area contributed by atoms with Gasteiger partial charge in [-0.3, -0.25) is 9.59 Å². The van der Waals surface area contributed by atoms with Crippen molar-refractivity contribution in [3.8, 4) is 0 Å². The molecular formula is C16H18N2O4S. The van der Waals surface area contributed by atoms with Gasteiger partial charge in [0.2, 0.25) is 0 Å². The number of amides is 2. The summed E-state index contributed by atoms with van der Waals surface area (Å²) in [6.45, 7) is 4.22. The molecule has 0 spiro atoms. The third kappa shape index (κ3) is 2.76. The molecule has 2 amide bonds. The molecule has 0 atom stereocenters. The van der Waals surface area contributed by atoms with Gasteiger partial charge in [0.1, 0.15) is 0 Å². The maximum Gasteiger partial charge on any atom is 0.261 e. The average Bonchev–Trinajstić information content (AvgIpc) is 2.72. The minimum absolute atomic E-state index is 0.153. The zero-order chi connectivity index (χ0) is 16.8. The van der Waals surface area contributed by atoms with Crippen LogP contribution in [0.15, 0.2) is 35.4 Å². The van der Waals surface area contributed by atoms with Crippen LogP contribution >= 0.6 is 0 Å². The Hall–Kier alpha value is -2.15. The van der Waals surface area contributed by atoms with Crippen LogP contribution in [0.5, 0.6) is 0 Å². The number of benzene rings is 1. The van der Waals surface area contributed by atoms with Crippen molar-refractivity contribution in [1.29, 1.82) is 0 Å². The molecule has 0 radical (unpaired) electrons. The van der Waals surface area contributed by atoms with Gasteiger partial charge in [0.15, 0.2) is 9.84 Å². The first-order valence-electron chi connectivity index (χ1n) is 7.42. The molecule has 2 aliphatic rings. The Morgan fingerprint density at radius 2 is 1.26 bits per heavy atom. The van der Waals surface area contributed by atoms with Crippen LogP contribution in [0.2, 0.25) is 0 Å². The summed E-state index contributed by atoms with van der Waals surface area (Å²) in [6.07, 6.45) is 0. The van der Waals surface area contributed by atoms with Gasteiger partial charge >= 0.3 is 0 Å². The molecule has 1 aromatic carbocycles. The Morgan fingerprint density at radius 3 is 1.74 bits per heavy atom. The fraction of sp³-hybridized carbons (Fsp3) is 0.375. The van der Waals surface area contributed by atoms with Crippen LogP contribution < -0.4 is 9.80 Å². The summed E-state index contributed by atoms with van der Waals surface area (Å²) in [7, 11) is -2.92. The smallest absolute Gasteiger partial charge is 0.261 e. The van der Waals surface area contributed by atoms with Crippen molar-refractivity contribution in [2.45, 2.75) is 13.8 Å². The lowest BCUT2D eigenvalue weighted by Gasteiger charge is -2.29. The van der Waals surface area contributed by atoms with Crippen LogP contribution in [0, 0.1) is 0 Å². The molecule has 0 unspecified atom stereocenters. The third-order valence-electron chi connectivity index (χ3n) is 4.43. The van der Waals surface area contributed by atoms with Crippen LogP contribution in [0.25, 0.3) is 0 Å². The highest BCUT2D eigenvalue weighted by atomic mass is 32.2. The summed E-state index contributed by atoms with van der Waals surface area (Å²) in [5, 5.41) is 0. The minimum atomic E-state index is -2.92. The molecule has 2 heterocycles. The largest absolute Gasteiger partial charge is 0.369 e. The molecule has 0 bridgehead atoms. The lowest BCUT2D eigenvalue weighted by molar-refractivity contribution is -0.120. The predicted octanol–water partition coefficient (Wildman–Crippen LogP) is 1.13. The van der Waals surface area contributed by atoms with E-state index in [0.29, 0.717) is 29.9 Å². The van der Waals surface area contributed by atoms with Crippen LogP contribution in [0.4, 0.5) is 11.4 Å². The monoisotopic (exact) mass is 334 g/mol. The van der Waals surface area contributed by atoms with Gasteiger partial charge in [-0.2, -0.15) is 0 Å². The van der Waals surface area contributed by atoms with Crippen LogP contribution in [-0.4, -0.2) is 44.8 Å². The van der Waals surface area contributed by atoms with Crippen molar-refractivity contribution in [1.82, 2.24) is 0 Å². The van der Waals surface area contributed by atoms with E-state index in [9.17, 15) is 18.0 Å². The second-order valence-corrected chi connectivity index (χ2v) is 8.15. The molecule has 1 saturated heterocycles. The molecule has 23 heavy (non-hydrogen) atoms. The van der Waals surface area contributed by atoms with Gasteiger partial charge in [0.25, 0.3) is 11.8 Å². The molecule has 1 fully saturated rings. The van der Waals surface area contributed by atoms with Crippen LogP contribution in [-0.2, 0) is 19.4 Å². The highest BCUT2D eigenvalue weighted by molar-refractivity contribution is 7.91. The molecule has 3 rings (SSSR count). The number of sulfone groups is 1. The maximum absolute atomic E-state index is 12.2. The number of anilines is 2. The van der Waals surface area contributed by atoms with Gasteiger partial charge in [-0.25, -0.2) is 13.3 Å². The van der Waals surface area contributed by atoms with E-state index in [1.807, 2.05) is 17.0 Å². The third-order valence-corrected chi connectivity index (χ3v) is 6.04. The highest BCUT2D eigenvalue weighted by Gasteiger charge is 2.34. The van der Waals surface area contributed by atoms with Crippen molar-refractivity contribution in [2.24, 2.45) is 0 Å². The van der Waals surface area contributed by atoms with Crippen molar-refractivity contribution >= 4 is 33.0 Å². The summed E-state index contributed by atoms with van der Waals surface area (Å²) in [6, 6.07) is 7.08. The minimum Gasteiger partial charge on any atom is -0.369 e. The fourth-order valence-electron chi connectivity index (χ4n) is 2.77. The van der Waals surface area contributed by atoms with E-state index in [-0.39, 0.29) is 23.3 Å². The summed E-state index contributed by atoms with van der Waals surface area (Å²) in [4.78, 5) is 27.5. The average molecular weight is 334 g/mol.